The Labute approximate surface area is 84.1 Å². The first-order valence-corrected chi connectivity index (χ1v) is 4.56. The third-order valence-electron chi connectivity index (χ3n) is 1.61. The van der Waals surface area contributed by atoms with Crippen molar-refractivity contribution in [3.05, 3.63) is 34.1 Å². The van der Waals surface area contributed by atoms with Crippen LogP contribution in [0.5, 0.6) is 0 Å². The van der Waals surface area contributed by atoms with Gasteiger partial charge in [0, 0.05) is 4.47 Å². The molecule has 0 fully saturated rings. The van der Waals surface area contributed by atoms with Gasteiger partial charge in [-0.1, -0.05) is 15.9 Å². The molecule has 1 atom stereocenters. The van der Waals surface area contributed by atoms with Crippen LogP contribution < -0.4 is 5.73 Å². The molecule has 1 rings (SSSR count). The second-order valence-corrected chi connectivity index (χ2v) is 3.69. The summed E-state index contributed by atoms with van der Waals surface area (Å²) >= 11 is 3.10. The van der Waals surface area contributed by atoms with Gasteiger partial charge in [0.05, 0.1) is 11.6 Å². The first-order chi connectivity index (χ1) is 6.02. The molecule has 0 aliphatic heterocycles. The summed E-state index contributed by atoms with van der Waals surface area (Å²) in [5, 5.41) is 0. The van der Waals surface area contributed by atoms with E-state index in [1.165, 1.54) is 19.1 Å². The average Bonchev–Trinajstić information content (AvgIpc) is 2.03. The Balaban J connectivity index is 3.09. The Morgan fingerprint density at radius 3 is 2.69 bits per heavy atom. The van der Waals surface area contributed by atoms with E-state index in [-0.39, 0.29) is 11.3 Å². The fraction of sp³-hybridized carbons (Fsp3) is 0.222. The first-order valence-electron chi connectivity index (χ1n) is 3.77. The molecule has 0 bridgehead atoms. The number of hydrogen-bond donors (Lipinski definition) is 1. The first kappa shape index (κ1) is 10.3. The normalized spacial score (nSPS) is 12.6. The maximum absolute atomic E-state index is 13.2. The van der Waals surface area contributed by atoms with Gasteiger partial charge in [-0.25, -0.2) is 4.39 Å². The molecule has 2 N–H and O–H groups in total. The largest absolute Gasteiger partial charge is 0.321 e. The second kappa shape index (κ2) is 3.98. The fourth-order valence-electron chi connectivity index (χ4n) is 0.935. The van der Waals surface area contributed by atoms with Crippen LogP contribution in [-0.2, 0) is 0 Å². The Hall–Kier alpha value is -0.740. The number of carbonyl (C=O) groups excluding carboxylic acids is 1. The molecular formula is C9H9BrFNO. The van der Waals surface area contributed by atoms with E-state index in [0.717, 1.165) is 0 Å². The summed E-state index contributed by atoms with van der Waals surface area (Å²) in [6.45, 7) is 1.53. The molecule has 0 saturated heterocycles. The molecule has 0 aromatic heterocycles. The predicted octanol–water partition coefficient (Wildman–Crippen LogP) is 2.12. The number of halogens is 2. The van der Waals surface area contributed by atoms with Gasteiger partial charge in [-0.3, -0.25) is 4.79 Å². The molecule has 13 heavy (non-hydrogen) atoms. The van der Waals surface area contributed by atoms with Gasteiger partial charge in [0.1, 0.15) is 5.82 Å². The van der Waals surface area contributed by atoms with E-state index in [0.29, 0.717) is 4.47 Å². The van der Waals surface area contributed by atoms with Crippen molar-refractivity contribution >= 4 is 21.7 Å². The highest BCUT2D eigenvalue weighted by atomic mass is 79.9. The molecular weight excluding hydrogens is 237 g/mol. The number of carbonyl (C=O) groups is 1. The third kappa shape index (κ3) is 2.35. The number of benzene rings is 1. The Morgan fingerprint density at radius 2 is 2.23 bits per heavy atom. The summed E-state index contributed by atoms with van der Waals surface area (Å²) < 4.78 is 13.8. The number of ketones is 1. The van der Waals surface area contributed by atoms with Gasteiger partial charge in [-0.15, -0.1) is 0 Å². The Kier molecular flexibility index (Phi) is 3.17. The van der Waals surface area contributed by atoms with Crippen molar-refractivity contribution in [3.8, 4) is 0 Å². The van der Waals surface area contributed by atoms with Gasteiger partial charge >= 0.3 is 0 Å². The van der Waals surface area contributed by atoms with Gasteiger partial charge in [0.15, 0.2) is 5.78 Å². The Morgan fingerprint density at radius 1 is 1.62 bits per heavy atom. The van der Waals surface area contributed by atoms with Crippen molar-refractivity contribution < 1.29 is 9.18 Å². The molecule has 0 spiro atoms. The quantitative estimate of drug-likeness (QED) is 0.812. The smallest absolute Gasteiger partial charge is 0.182 e. The minimum atomic E-state index is -0.671. The fourth-order valence-corrected chi connectivity index (χ4v) is 1.27. The third-order valence-corrected chi connectivity index (χ3v) is 2.10. The van der Waals surface area contributed by atoms with Crippen molar-refractivity contribution in [2.75, 3.05) is 0 Å². The van der Waals surface area contributed by atoms with E-state index >= 15 is 0 Å². The number of nitrogens with two attached hydrogens (primary N) is 1. The Bertz CT molecular complexity index is 338. The topological polar surface area (TPSA) is 43.1 Å². The van der Waals surface area contributed by atoms with E-state index < -0.39 is 11.9 Å². The van der Waals surface area contributed by atoms with E-state index in [1.807, 2.05) is 0 Å². The number of rotatable bonds is 2. The lowest BCUT2D eigenvalue weighted by molar-refractivity contribution is 0.0964. The second-order valence-electron chi connectivity index (χ2n) is 2.78. The van der Waals surface area contributed by atoms with Gasteiger partial charge < -0.3 is 5.73 Å². The number of hydrogen-bond acceptors (Lipinski definition) is 2. The van der Waals surface area contributed by atoms with Crippen LogP contribution in [0.2, 0.25) is 0 Å². The van der Waals surface area contributed by atoms with Crippen molar-refractivity contribution in [3.63, 3.8) is 0 Å². The monoisotopic (exact) mass is 245 g/mol. The molecule has 4 heteroatoms. The summed E-state index contributed by atoms with van der Waals surface area (Å²) in [6.07, 6.45) is 0. The highest BCUT2D eigenvalue weighted by molar-refractivity contribution is 9.10. The number of Topliss-reactive ketones (excluding diaryl/α,β-unsaturated/α-hetero) is 1. The van der Waals surface area contributed by atoms with Gasteiger partial charge in [-0.05, 0) is 25.1 Å². The standard InChI is InChI=1S/C9H9BrFNO/c1-5(12)9(13)7-3-2-6(10)4-8(7)11/h2-5H,12H2,1H3. The van der Waals surface area contributed by atoms with Crippen molar-refractivity contribution in [1.82, 2.24) is 0 Å². The minimum Gasteiger partial charge on any atom is -0.321 e. The lowest BCUT2D eigenvalue weighted by Crippen LogP contribution is -2.27. The van der Waals surface area contributed by atoms with Gasteiger partial charge in [0.2, 0.25) is 0 Å². The molecule has 0 radical (unpaired) electrons. The van der Waals surface area contributed by atoms with Crippen molar-refractivity contribution in [1.29, 1.82) is 0 Å². The molecule has 0 aliphatic rings. The van der Waals surface area contributed by atoms with Crippen LogP contribution in [0.4, 0.5) is 4.39 Å². The SMILES string of the molecule is CC(N)C(=O)c1ccc(Br)cc1F. The van der Waals surface area contributed by atoms with E-state index in [9.17, 15) is 9.18 Å². The maximum Gasteiger partial charge on any atom is 0.182 e. The summed E-state index contributed by atoms with van der Waals surface area (Å²) in [7, 11) is 0. The van der Waals surface area contributed by atoms with Gasteiger partial charge in [-0.2, -0.15) is 0 Å². The van der Waals surface area contributed by atoms with E-state index in [2.05, 4.69) is 15.9 Å². The molecule has 0 aliphatic carbocycles. The zero-order valence-electron chi connectivity index (χ0n) is 7.05. The molecule has 70 valence electrons. The lowest BCUT2D eigenvalue weighted by atomic mass is 10.1. The minimum absolute atomic E-state index is 0.0400. The van der Waals surface area contributed by atoms with Crippen LogP contribution >= 0.6 is 15.9 Å². The molecule has 2 nitrogen and oxygen atoms in total. The predicted molar refractivity (Wildman–Crippen MR) is 52.1 cm³/mol. The summed E-state index contributed by atoms with van der Waals surface area (Å²) in [6, 6.07) is 3.61. The van der Waals surface area contributed by atoms with Crippen LogP contribution in [0.3, 0.4) is 0 Å². The summed E-state index contributed by atoms with van der Waals surface area (Å²) in [5.74, 6) is -0.929. The van der Waals surface area contributed by atoms with Crippen LogP contribution in [-0.4, -0.2) is 11.8 Å². The molecule has 0 saturated carbocycles. The molecule has 0 amide bonds. The maximum atomic E-state index is 13.2. The highest BCUT2D eigenvalue weighted by Crippen LogP contribution is 2.16. The average molecular weight is 246 g/mol. The molecule has 0 heterocycles. The van der Waals surface area contributed by atoms with Crippen LogP contribution in [0, 0.1) is 5.82 Å². The summed E-state index contributed by atoms with van der Waals surface area (Å²) in [5.41, 5.74) is 5.39. The summed E-state index contributed by atoms with van der Waals surface area (Å²) in [4.78, 5) is 11.3. The highest BCUT2D eigenvalue weighted by Gasteiger charge is 2.15. The van der Waals surface area contributed by atoms with Gasteiger partial charge in [0.25, 0.3) is 0 Å². The van der Waals surface area contributed by atoms with Crippen LogP contribution in [0.1, 0.15) is 17.3 Å². The van der Waals surface area contributed by atoms with Crippen LogP contribution in [0.25, 0.3) is 0 Å². The van der Waals surface area contributed by atoms with E-state index in [1.54, 1.807) is 6.07 Å². The zero-order valence-corrected chi connectivity index (χ0v) is 8.64. The zero-order chi connectivity index (χ0) is 10.0. The van der Waals surface area contributed by atoms with Crippen molar-refractivity contribution in [2.24, 2.45) is 5.73 Å². The molecule has 1 aromatic rings. The van der Waals surface area contributed by atoms with E-state index in [4.69, 9.17) is 5.73 Å². The van der Waals surface area contributed by atoms with Crippen molar-refractivity contribution in [2.45, 2.75) is 13.0 Å². The lowest BCUT2D eigenvalue weighted by Gasteiger charge is -2.05. The molecule has 1 unspecified atom stereocenters. The molecule has 1 aromatic carbocycles. The van der Waals surface area contributed by atoms with Crippen LogP contribution in [0.15, 0.2) is 22.7 Å².